The topological polar surface area (TPSA) is 134 Å². The van der Waals surface area contributed by atoms with Crippen LogP contribution in [0.25, 0.3) is 10.4 Å². The van der Waals surface area contributed by atoms with Crippen LogP contribution in [-0.2, 0) is 14.3 Å². The molecule has 0 aromatic heterocycles. The Labute approximate surface area is 134 Å². The van der Waals surface area contributed by atoms with E-state index in [9.17, 15) is 14.7 Å². The average Bonchev–Trinajstić information content (AvgIpc) is 2.40. The molecule has 3 atom stereocenters. The zero-order chi connectivity index (χ0) is 17.6. The number of aliphatic hydroxyl groups excluding tert-OH is 1. The van der Waals surface area contributed by atoms with Crippen molar-refractivity contribution in [3.63, 3.8) is 0 Å². The first-order chi connectivity index (χ1) is 10.7. The van der Waals surface area contributed by atoms with Gasteiger partial charge in [-0.2, -0.15) is 0 Å². The first-order valence-electron chi connectivity index (χ1n) is 7.27. The fraction of sp³-hybridized carbons (Fsp3) is 0.714. The van der Waals surface area contributed by atoms with Crippen molar-refractivity contribution in [2.24, 2.45) is 5.11 Å². The van der Waals surface area contributed by atoms with E-state index in [0.717, 1.165) is 0 Å². The summed E-state index contributed by atoms with van der Waals surface area (Å²) >= 11 is 0. The number of aliphatic hydroxyl groups is 1. The lowest BCUT2D eigenvalue weighted by Crippen LogP contribution is -2.50. The summed E-state index contributed by atoms with van der Waals surface area (Å²) in [6.07, 6.45) is -0.451. The summed E-state index contributed by atoms with van der Waals surface area (Å²) in [5.74, 6) is -0.582. The maximum absolute atomic E-state index is 11.9. The van der Waals surface area contributed by atoms with E-state index in [4.69, 9.17) is 15.0 Å². The van der Waals surface area contributed by atoms with Gasteiger partial charge in [-0.1, -0.05) is 11.2 Å². The number of esters is 1. The van der Waals surface area contributed by atoms with Crippen LogP contribution in [0.5, 0.6) is 0 Å². The molecule has 0 aliphatic heterocycles. The van der Waals surface area contributed by atoms with Gasteiger partial charge in [-0.15, -0.1) is 0 Å². The summed E-state index contributed by atoms with van der Waals surface area (Å²) in [4.78, 5) is 26.4. The van der Waals surface area contributed by atoms with Crippen molar-refractivity contribution in [3.8, 4) is 0 Å². The minimum Gasteiger partial charge on any atom is -0.463 e. The average molecular weight is 326 g/mol. The number of nitrogens with zero attached hydrogens (tertiary/aromatic N) is 3. The van der Waals surface area contributed by atoms with Gasteiger partial charge in [0.15, 0.2) is 0 Å². The molecule has 0 aromatic rings. The second-order valence-electron chi connectivity index (χ2n) is 6.05. The molecular weight excluding hydrogens is 304 g/mol. The molecule has 0 heterocycles. The van der Waals surface area contributed by atoms with E-state index in [1.807, 2.05) is 0 Å². The van der Waals surface area contributed by atoms with E-state index in [1.54, 1.807) is 27.7 Å². The number of carbonyl (C=O) groups excluding carboxylic acids is 2. The highest BCUT2D eigenvalue weighted by atomic mass is 16.6. The number of alkyl carbamates (subject to hydrolysis) is 1. The summed E-state index contributed by atoms with van der Waals surface area (Å²) in [5.41, 5.74) is 8.13. The summed E-state index contributed by atoms with van der Waals surface area (Å²) in [6.45, 7) is 6.96. The fourth-order valence-corrected chi connectivity index (χ4v) is 2.12. The van der Waals surface area contributed by atoms with E-state index in [-0.39, 0.29) is 18.6 Å². The van der Waals surface area contributed by atoms with Crippen LogP contribution in [0.3, 0.4) is 0 Å². The fourth-order valence-electron chi connectivity index (χ4n) is 2.12. The van der Waals surface area contributed by atoms with E-state index in [0.29, 0.717) is 0 Å². The minimum absolute atomic E-state index is 0.0188. The molecule has 0 spiro atoms. The Morgan fingerprint density at radius 2 is 2.17 bits per heavy atom. The molecule has 9 heteroatoms. The lowest BCUT2D eigenvalue weighted by Gasteiger charge is -2.32. The monoisotopic (exact) mass is 326 g/mol. The van der Waals surface area contributed by atoms with Crippen LogP contribution in [0.2, 0.25) is 0 Å². The summed E-state index contributed by atoms with van der Waals surface area (Å²) < 4.78 is 10.0. The van der Waals surface area contributed by atoms with E-state index in [2.05, 4.69) is 15.3 Å². The second kappa shape index (κ2) is 7.85. The Morgan fingerprint density at radius 3 is 2.70 bits per heavy atom. The molecule has 2 N–H and O–H groups in total. The second-order valence-corrected chi connectivity index (χ2v) is 6.05. The molecule has 1 aliphatic rings. The van der Waals surface area contributed by atoms with Gasteiger partial charge in [0.1, 0.15) is 5.60 Å². The third kappa shape index (κ3) is 5.80. The number of amides is 1. The van der Waals surface area contributed by atoms with Gasteiger partial charge in [0.2, 0.25) is 0 Å². The molecule has 1 aliphatic carbocycles. The van der Waals surface area contributed by atoms with Gasteiger partial charge in [0, 0.05) is 16.9 Å². The van der Waals surface area contributed by atoms with E-state index < -0.39 is 35.9 Å². The Hall–Kier alpha value is -2.25. The zero-order valence-electron chi connectivity index (χ0n) is 13.6. The highest BCUT2D eigenvalue weighted by Gasteiger charge is 2.35. The molecule has 1 amide bonds. The van der Waals surface area contributed by atoms with Gasteiger partial charge in [-0.25, -0.2) is 9.59 Å². The summed E-state index contributed by atoms with van der Waals surface area (Å²) in [5, 5.41) is 16.1. The van der Waals surface area contributed by atoms with Crippen LogP contribution in [0.15, 0.2) is 16.8 Å². The number of hydrogen-bond donors (Lipinski definition) is 2. The van der Waals surface area contributed by atoms with Crippen molar-refractivity contribution in [1.29, 1.82) is 0 Å². The highest BCUT2D eigenvalue weighted by Crippen LogP contribution is 2.23. The van der Waals surface area contributed by atoms with E-state index in [1.165, 1.54) is 6.08 Å². The lowest BCUT2D eigenvalue weighted by molar-refractivity contribution is -0.139. The van der Waals surface area contributed by atoms with Crippen molar-refractivity contribution < 1.29 is 24.2 Å². The number of nitrogens with one attached hydrogen (secondary N) is 1. The molecule has 23 heavy (non-hydrogen) atoms. The Morgan fingerprint density at radius 1 is 1.52 bits per heavy atom. The van der Waals surface area contributed by atoms with Crippen molar-refractivity contribution in [2.75, 3.05) is 6.61 Å². The molecule has 0 radical (unpaired) electrons. The molecule has 0 bridgehead atoms. The molecule has 1 rings (SSSR count). The Bertz CT molecular complexity index is 534. The molecule has 0 saturated heterocycles. The molecule has 128 valence electrons. The number of carbonyl (C=O) groups is 2. The van der Waals surface area contributed by atoms with E-state index >= 15 is 0 Å². The predicted molar refractivity (Wildman–Crippen MR) is 81.4 cm³/mol. The molecular formula is C14H22N4O5. The van der Waals surface area contributed by atoms with Crippen molar-refractivity contribution in [3.05, 3.63) is 22.1 Å². The van der Waals surface area contributed by atoms with Crippen LogP contribution in [0.4, 0.5) is 4.79 Å². The minimum atomic E-state index is -1.12. The van der Waals surface area contributed by atoms with Crippen LogP contribution < -0.4 is 5.32 Å². The lowest BCUT2D eigenvalue weighted by atomic mass is 9.89. The molecule has 0 saturated carbocycles. The first-order valence-corrected chi connectivity index (χ1v) is 7.27. The molecule has 0 unspecified atom stereocenters. The van der Waals surface area contributed by atoms with Gasteiger partial charge in [-0.05, 0) is 33.2 Å². The highest BCUT2D eigenvalue weighted by molar-refractivity contribution is 5.89. The number of azide groups is 1. The third-order valence-corrected chi connectivity index (χ3v) is 2.98. The number of ether oxygens (including phenoxy) is 2. The van der Waals surface area contributed by atoms with Gasteiger partial charge >= 0.3 is 12.1 Å². The smallest absolute Gasteiger partial charge is 0.408 e. The van der Waals surface area contributed by atoms with Gasteiger partial charge < -0.3 is 19.9 Å². The molecule has 9 nitrogen and oxygen atoms in total. The third-order valence-electron chi connectivity index (χ3n) is 2.98. The van der Waals surface area contributed by atoms with Gasteiger partial charge in [-0.3, -0.25) is 0 Å². The molecule has 0 aromatic carbocycles. The van der Waals surface area contributed by atoms with Crippen molar-refractivity contribution in [2.45, 2.75) is 57.9 Å². The van der Waals surface area contributed by atoms with Crippen LogP contribution in [0.1, 0.15) is 34.1 Å². The van der Waals surface area contributed by atoms with Gasteiger partial charge in [0.05, 0.1) is 24.8 Å². The molecule has 0 fully saturated rings. The maximum atomic E-state index is 11.9. The Balaban J connectivity index is 2.99. The van der Waals surface area contributed by atoms with Crippen LogP contribution >= 0.6 is 0 Å². The van der Waals surface area contributed by atoms with Crippen molar-refractivity contribution in [1.82, 2.24) is 5.32 Å². The van der Waals surface area contributed by atoms with Crippen LogP contribution in [-0.4, -0.2) is 47.6 Å². The first kappa shape index (κ1) is 18.8. The SMILES string of the molecule is CCOC(=O)C1=C[C@H](NC(=O)OC(C)(C)C)[C@@H](N=[N+]=[N-])[C@H](O)C1. The predicted octanol–water partition coefficient (Wildman–Crippen LogP) is 1.81. The largest absolute Gasteiger partial charge is 0.463 e. The van der Waals surface area contributed by atoms with Gasteiger partial charge in [0.25, 0.3) is 0 Å². The maximum Gasteiger partial charge on any atom is 0.408 e. The normalized spacial score (nSPS) is 24.0. The summed E-state index contributed by atoms with van der Waals surface area (Å²) in [7, 11) is 0. The standard InChI is InChI=1S/C14H22N4O5/c1-5-22-12(20)8-6-9(11(17-18-15)10(19)7-8)16-13(21)23-14(2,3)4/h6,9-11,19H,5,7H2,1-4H3,(H,16,21)/t9-,10+,11+/m0/s1. The summed E-state index contributed by atoms with van der Waals surface area (Å²) in [6, 6.07) is -1.81. The number of rotatable bonds is 4. The van der Waals surface area contributed by atoms with Crippen LogP contribution in [0, 0.1) is 0 Å². The van der Waals surface area contributed by atoms with Crippen molar-refractivity contribution >= 4 is 12.1 Å². The Kier molecular flexibility index (Phi) is 6.41. The quantitative estimate of drug-likeness (QED) is 0.352. The number of hydrogen-bond acceptors (Lipinski definition) is 6. The zero-order valence-corrected chi connectivity index (χ0v) is 13.6.